The number of carbonyl (C=O) groups is 1. The van der Waals surface area contributed by atoms with Crippen molar-refractivity contribution in [3.63, 3.8) is 0 Å². The van der Waals surface area contributed by atoms with E-state index < -0.39 is 5.54 Å². The van der Waals surface area contributed by atoms with Crippen LogP contribution in [0, 0.1) is 0 Å². The molecule has 1 fully saturated rings. The summed E-state index contributed by atoms with van der Waals surface area (Å²) in [6.45, 7) is 4.14. The van der Waals surface area contributed by atoms with E-state index >= 15 is 0 Å². The molecule has 0 saturated heterocycles. The van der Waals surface area contributed by atoms with Crippen molar-refractivity contribution >= 4 is 29.1 Å². The molecule has 20 heavy (non-hydrogen) atoms. The van der Waals surface area contributed by atoms with Crippen molar-refractivity contribution in [1.29, 1.82) is 0 Å². The largest absolute Gasteiger partial charge is 0.468 e. The zero-order valence-electron chi connectivity index (χ0n) is 12.2. The van der Waals surface area contributed by atoms with E-state index in [-0.39, 0.29) is 12.0 Å². The number of nitrogens with zero attached hydrogens (tertiary/aromatic N) is 1. The summed E-state index contributed by atoms with van der Waals surface area (Å²) >= 11 is 3.45. The molecule has 112 valence electrons. The average molecular weight is 314 g/mol. The van der Waals surface area contributed by atoms with E-state index in [1.807, 2.05) is 11.6 Å². The van der Waals surface area contributed by atoms with Gasteiger partial charge in [-0.1, -0.05) is 11.8 Å². The van der Waals surface area contributed by atoms with Gasteiger partial charge in [0.15, 0.2) is 0 Å². The first-order valence-corrected chi connectivity index (χ1v) is 8.74. The van der Waals surface area contributed by atoms with Gasteiger partial charge in [0.25, 0.3) is 0 Å². The molecule has 1 N–H and O–H groups in total. The second kappa shape index (κ2) is 6.91. The summed E-state index contributed by atoms with van der Waals surface area (Å²) < 4.78 is 6.14. The van der Waals surface area contributed by atoms with Gasteiger partial charge in [0.1, 0.15) is 9.88 Å². The van der Waals surface area contributed by atoms with Gasteiger partial charge in [-0.2, -0.15) is 0 Å². The first-order chi connectivity index (χ1) is 9.55. The third-order valence-electron chi connectivity index (χ3n) is 3.52. The van der Waals surface area contributed by atoms with Crippen LogP contribution in [-0.4, -0.2) is 34.9 Å². The lowest BCUT2D eigenvalue weighted by molar-refractivity contribution is -0.150. The van der Waals surface area contributed by atoms with Crippen LogP contribution in [0.25, 0.3) is 0 Å². The second-order valence-corrected chi connectivity index (χ2v) is 7.95. The Morgan fingerprint density at radius 1 is 1.65 bits per heavy atom. The highest BCUT2D eigenvalue weighted by Crippen LogP contribution is 2.39. The molecule has 1 aromatic rings. The lowest BCUT2D eigenvalue weighted by atomic mass is 9.81. The molecule has 1 heterocycles. The summed E-state index contributed by atoms with van der Waals surface area (Å²) in [5.74, 6) is -0.129. The Bertz CT molecular complexity index is 436. The van der Waals surface area contributed by atoms with Crippen LogP contribution in [0.15, 0.2) is 15.9 Å². The van der Waals surface area contributed by atoms with Crippen molar-refractivity contribution in [1.82, 2.24) is 10.3 Å². The molecule has 0 amide bonds. The molecule has 0 spiro atoms. The maximum atomic E-state index is 12.3. The molecule has 0 bridgehead atoms. The van der Waals surface area contributed by atoms with E-state index in [1.54, 1.807) is 23.1 Å². The zero-order chi connectivity index (χ0) is 14.6. The Morgan fingerprint density at radius 3 is 3.05 bits per heavy atom. The van der Waals surface area contributed by atoms with Crippen LogP contribution in [-0.2, 0) is 9.53 Å². The number of thiazole rings is 1. The van der Waals surface area contributed by atoms with Crippen molar-refractivity contribution in [2.45, 2.75) is 60.7 Å². The normalized spacial score (nSPS) is 26.7. The molecule has 2 atom stereocenters. The van der Waals surface area contributed by atoms with Crippen LogP contribution in [0.4, 0.5) is 0 Å². The van der Waals surface area contributed by atoms with Gasteiger partial charge in [-0.05, 0) is 39.5 Å². The SMILES string of the molecule is COC(=O)C1(NC(C)C)CCCC(Sc2nccs2)C1. The van der Waals surface area contributed by atoms with Gasteiger partial charge in [-0.3, -0.25) is 10.1 Å². The van der Waals surface area contributed by atoms with E-state index in [0.29, 0.717) is 5.25 Å². The summed E-state index contributed by atoms with van der Waals surface area (Å²) in [7, 11) is 1.48. The van der Waals surface area contributed by atoms with Crippen molar-refractivity contribution in [2.75, 3.05) is 7.11 Å². The van der Waals surface area contributed by atoms with Crippen LogP contribution >= 0.6 is 23.1 Å². The molecule has 6 heteroatoms. The highest BCUT2D eigenvalue weighted by atomic mass is 32.2. The maximum Gasteiger partial charge on any atom is 0.326 e. The monoisotopic (exact) mass is 314 g/mol. The maximum absolute atomic E-state index is 12.3. The number of hydrogen-bond acceptors (Lipinski definition) is 6. The molecule has 0 aliphatic heterocycles. The quantitative estimate of drug-likeness (QED) is 0.846. The molecule has 1 aliphatic carbocycles. The van der Waals surface area contributed by atoms with Crippen LogP contribution < -0.4 is 5.32 Å². The van der Waals surface area contributed by atoms with Crippen LogP contribution in [0.3, 0.4) is 0 Å². The molecule has 1 saturated carbocycles. The minimum Gasteiger partial charge on any atom is -0.468 e. The fourth-order valence-electron chi connectivity index (χ4n) is 2.86. The topological polar surface area (TPSA) is 51.2 Å². The van der Waals surface area contributed by atoms with Gasteiger partial charge in [0, 0.05) is 22.9 Å². The Morgan fingerprint density at radius 2 is 2.45 bits per heavy atom. The lowest BCUT2D eigenvalue weighted by Crippen LogP contribution is -2.58. The van der Waals surface area contributed by atoms with E-state index in [2.05, 4.69) is 24.1 Å². The van der Waals surface area contributed by atoms with E-state index in [4.69, 9.17) is 4.74 Å². The van der Waals surface area contributed by atoms with Crippen molar-refractivity contribution in [3.8, 4) is 0 Å². The molecule has 2 rings (SSSR count). The second-order valence-electron chi connectivity index (χ2n) is 5.51. The van der Waals surface area contributed by atoms with Gasteiger partial charge >= 0.3 is 5.97 Å². The minimum absolute atomic E-state index is 0.129. The first-order valence-electron chi connectivity index (χ1n) is 6.98. The Balaban J connectivity index is 2.09. The Labute approximate surface area is 128 Å². The molecule has 0 radical (unpaired) electrons. The fourth-order valence-corrected chi connectivity index (χ4v) is 5.08. The third kappa shape index (κ3) is 3.74. The molecular formula is C14H22N2O2S2. The van der Waals surface area contributed by atoms with Gasteiger partial charge in [0.05, 0.1) is 7.11 Å². The van der Waals surface area contributed by atoms with Crippen molar-refractivity contribution in [3.05, 3.63) is 11.6 Å². The smallest absolute Gasteiger partial charge is 0.326 e. The Hall–Kier alpha value is -0.590. The fraction of sp³-hybridized carbons (Fsp3) is 0.714. The van der Waals surface area contributed by atoms with Crippen LogP contribution in [0.2, 0.25) is 0 Å². The summed E-state index contributed by atoms with van der Waals surface area (Å²) in [4.78, 5) is 16.6. The van der Waals surface area contributed by atoms with E-state index in [1.165, 1.54) is 7.11 Å². The predicted octanol–water partition coefficient (Wildman–Crippen LogP) is 3.09. The highest BCUT2D eigenvalue weighted by molar-refractivity contribution is 8.01. The number of rotatable bonds is 5. The van der Waals surface area contributed by atoms with Crippen molar-refractivity contribution in [2.24, 2.45) is 0 Å². The lowest BCUT2D eigenvalue weighted by Gasteiger charge is -2.40. The van der Waals surface area contributed by atoms with Crippen LogP contribution in [0.1, 0.15) is 39.5 Å². The highest BCUT2D eigenvalue weighted by Gasteiger charge is 2.44. The number of thioether (sulfide) groups is 1. The van der Waals surface area contributed by atoms with Gasteiger partial charge in [-0.25, -0.2) is 4.98 Å². The van der Waals surface area contributed by atoms with Gasteiger partial charge in [-0.15, -0.1) is 11.3 Å². The average Bonchev–Trinajstić information content (AvgIpc) is 2.90. The van der Waals surface area contributed by atoms with E-state index in [0.717, 1.165) is 30.0 Å². The first kappa shape index (κ1) is 15.8. The predicted molar refractivity (Wildman–Crippen MR) is 83.2 cm³/mol. The summed E-state index contributed by atoms with van der Waals surface area (Å²) in [5.41, 5.74) is -0.532. The molecule has 4 nitrogen and oxygen atoms in total. The number of nitrogens with one attached hydrogen (secondary N) is 1. The molecule has 2 unspecified atom stereocenters. The summed E-state index contributed by atoms with van der Waals surface area (Å²) in [6, 6.07) is 0.262. The molecule has 1 aromatic heterocycles. The molecular weight excluding hydrogens is 292 g/mol. The number of carbonyl (C=O) groups excluding carboxylic acids is 1. The van der Waals surface area contributed by atoms with Gasteiger partial charge < -0.3 is 4.74 Å². The minimum atomic E-state index is -0.532. The molecule has 1 aliphatic rings. The summed E-state index contributed by atoms with van der Waals surface area (Å²) in [5, 5.41) is 5.86. The number of hydrogen-bond donors (Lipinski definition) is 1. The number of ether oxygens (including phenoxy) is 1. The van der Waals surface area contributed by atoms with Crippen molar-refractivity contribution < 1.29 is 9.53 Å². The molecule has 0 aromatic carbocycles. The Kier molecular flexibility index (Phi) is 5.46. The number of methoxy groups -OCH3 is 1. The third-order valence-corrected chi connectivity index (χ3v) is 5.71. The van der Waals surface area contributed by atoms with E-state index in [9.17, 15) is 4.79 Å². The number of aromatic nitrogens is 1. The van der Waals surface area contributed by atoms with Gasteiger partial charge in [0.2, 0.25) is 0 Å². The standard InChI is InChI=1S/C14H22N2O2S2/c1-10(2)16-14(12(17)18-3)6-4-5-11(9-14)20-13-15-7-8-19-13/h7-8,10-11,16H,4-6,9H2,1-3H3. The number of esters is 1. The summed E-state index contributed by atoms with van der Waals surface area (Å²) in [6.07, 6.45) is 5.66. The van der Waals surface area contributed by atoms with Crippen LogP contribution in [0.5, 0.6) is 0 Å². The zero-order valence-corrected chi connectivity index (χ0v) is 13.9.